The molecule has 0 saturated heterocycles. The number of rotatable bonds is 4. The number of benzene rings is 1. The molecule has 0 fully saturated rings. The van der Waals surface area contributed by atoms with E-state index in [2.05, 4.69) is 16.5 Å². The van der Waals surface area contributed by atoms with Gasteiger partial charge in [-0.05, 0) is 51.0 Å². The van der Waals surface area contributed by atoms with Crippen molar-refractivity contribution in [2.75, 3.05) is 7.11 Å². The zero-order chi connectivity index (χ0) is 16.6. The Morgan fingerprint density at radius 3 is 2.57 bits per heavy atom. The highest BCUT2D eigenvalue weighted by Crippen LogP contribution is 2.31. The Bertz CT molecular complexity index is 846. The predicted molar refractivity (Wildman–Crippen MR) is 88.8 cm³/mol. The molecule has 5 heteroatoms. The standard InChI is InChI=1S/C18H21N3O2/c1-11-12(2)17(22-5)7-6-15(11)18-20-16(13(3)23-18)10-21-9-8-19-14(21)4/h6-9H,10H2,1-5H3. The second-order valence-corrected chi connectivity index (χ2v) is 5.69. The lowest BCUT2D eigenvalue weighted by Gasteiger charge is -2.10. The number of oxazole rings is 1. The molecule has 2 heterocycles. The van der Waals surface area contributed by atoms with E-state index in [0.29, 0.717) is 12.4 Å². The van der Waals surface area contributed by atoms with Crippen LogP contribution in [0.4, 0.5) is 0 Å². The Balaban J connectivity index is 1.98. The maximum Gasteiger partial charge on any atom is 0.226 e. The fraction of sp³-hybridized carbons (Fsp3) is 0.333. The minimum absolute atomic E-state index is 0.651. The van der Waals surface area contributed by atoms with Crippen LogP contribution in [-0.4, -0.2) is 21.6 Å². The topological polar surface area (TPSA) is 53.1 Å². The van der Waals surface area contributed by atoms with Crippen LogP contribution >= 0.6 is 0 Å². The van der Waals surface area contributed by atoms with Gasteiger partial charge in [-0.1, -0.05) is 0 Å². The molecule has 0 bridgehead atoms. The van der Waals surface area contributed by atoms with E-state index < -0.39 is 0 Å². The molecule has 0 amide bonds. The summed E-state index contributed by atoms with van der Waals surface area (Å²) in [5, 5.41) is 0. The van der Waals surface area contributed by atoms with Crippen molar-refractivity contribution in [3.63, 3.8) is 0 Å². The van der Waals surface area contributed by atoms with E-state index in [4.69, 9.17) is 14.1 Å². The summed E-state index contributed by atoms with van der Waals surface area (Å²) in [6, 6.07) is 3.95. The number of methoxy groups -OCH3 is 1. The van der Waals surface area contributed by atoms with Crippen LogP contribution in [-0.2, 0) is 6.54 Å². The van der Waals surface area contributed by atoms with Crippen molar-refractivity contribution in [1.29, 1.82) is 0 Å². The molecule has 2 aromatic heterocycles. The third-order valence-electron chi connectivity index (χ3n) is 4.32. The molecule has 0 atom stereocenters. The van der Waals surface area contributed by atoms with Gasteiger partial charge in [0.1, 0.15) is 23.0 Å². The van der Waals surface area contributed by atoms with E-state index in [-0.39, 0.29) is 0 Å². The zero-order valence-corrected chi connectivity index (χ0v) is 14.2. The van der Waals surface area contributed by atoms with Crippen LogP contribution in [0.1, 0.15) is 28.4 Å². The highest BCUT2D eigenvalue weighted by molar-refractivity contribution is 5.63. The number of imidazole rings is 1. The molecule has 120 valence electrons. The van der Waals surface area contributed by atoms with Crippen LogP contribution in [0.25, 0.3) is 11.5 Å². The fourth-order valence-electron chi connectivity index (χ4n) is 2.67. The van der Waals surface area contributed by atoms with Crippen LogP contribution in [0.2, 0.25) is 0 Å². The maximum absolute atomic E-state index is 5.91. The van der Waals surface area contributed by atoms with E-state index in [1.807, 2.05) is 39.1 Å². The van der Waals surface area contributed by atoms with Crippen LogP contribution in [0.5, 0.6) is 5.75 Å². The van der Waals surface area contributed by atoms with Gasteiger partial charge in [0.25, 0.3) is 0 Å². The molecule has 23 heavy (non-hydrogen) atoms. The molecule has 0 aliphatic carbocycles. The van der Waals surface area contributed by atoms with Gasteiger partial charge in [0.15, 0.2) is 0 Å². The molecule has 0 N–H and O–H groups in total. The van der Waals surface area contributed by atoms with Crippen LogP contribution in [0.15, 0.2) is 28.9 Å². The lowest BCUT2D eigenvalue weighted by Crippen LogP contribution is -2.02. The Hall–Kier alpha value is -2.56. The van der Waals surface area contributed by atoms with E-state index >= 15 is 0 Å². The summed E-state index contributed by atoms with van der Waals surface area (Å²) in [5.74, 6) is 3.33. The average Bonchev–Trinajstić information content (AvgIpc) is 3.09. The number of aromatic nitrogens is 3. The highest BCUT2D eigenvalue weighted by Gasteiger charge is 2.16. The lowest BCUT2D eigenvalue weighted by molar-refractivity contribution is 0.411. The number of aryl methyl sites for hydroxylation is 2. The first-order valence-electron chi connectivity index (χ1n) is 7.60. The van der Waals surface area contributed by atoms with Gasteiger partial charge in [0.2, 0.25) is 5.89 Å². The van der Waals surface area contributed by atoms with Crippen molar-refractivity contribution in [3.8, 4) is 17.2 Å². The zero-order valence-electron chi connectivity index (χ0n) is 14.2. The molecule has 0 saturated carbocycles. The summed E-state index contributed by atoms with van der Waals surface area (Å²) in [5.41, 5.74) is 4.15. The molecule has 3 rings (SSSR count). The van der Waals surface area contributed by atoms with Crippen molar-refractivity contribution in [1.82, 2.24) is 14.5 Å². The van der Waals surface area contributed by atoms with Crippen molar-refractivity contribution in [2.45, 2.75) is 34.2 Å². The van der Waals surface area contributed by atoms with Gasteiger partial charge in [-0.25, -0.2) is 9.97 Å². The van der Waals surface area contributed by atoms with Gasteiger partial charge in [0, 0.05) is 18.0 Å². The fourth-order valence-corrected chi connectivity index (χ4v) is 2.67. The second-order valence-electron chi connectivity index (χ2n) is 5.69. The average molecular weight is 311 g/mol. The van der Waals surface area contributed by atoms with Gasteiger partial charge in [0.05, 0.1) is 13.7 Å². The molecule has 5 nitrogen and oxygen atoms in total. The normalized spacial score (nSPS) is 11.0. The van der Waals surface area contributed by atoms with Crippen molar-refractivity contribution in [3.05, 3.63) is 52.9 Å². The third kappa shape index (κ3) is 2.74. The summed E-state index contributed by atoms with van der Waals surface area (Å²) >= 11 is 0. The summed E-state index contributed by atoms with van der Waals surface area (Å²) in [4.78, 5) is 8.94. The van der Waals surface area contributed by atoms with Gasteiger partial charge < -0.3 is 13.7 Å². The largest absolute Gasteiger partial charge is 0.496 e. The maximum atomic E-state index is 5.91. The molecule has 0 spiro atoms. The van der Waals surface area contributed by atoms with E-state index in [1.54, 1.807) is 13.3 Å². The predicted octanol–water partition coefficient (Wildman–Crippen LogP) is 3.83. The summed E-state index contributed by atoms with van der Waals surface area (Å²) < 4.78 is 13.3. The Morgan fingerprint density at radius 1 is 1.13 bits per heavy atom. The molecule has 0 aliphatic rings. The summed E-state index contributed by atoms with van der Waals surface area (Å²) in [7, 11) is 1.68. The Kier molecular flexibility index (Phi) is 3.94. The molecular formula is C18H21N3O2. The first-order chi connectivity index (χ1) is 11.0. The number of nitrogens with zero attached hydrogens (tertiary/aromatic N) is 3. The molecular weight excluding hydrogens is 290 g/mol. The third-order valence-corrected chi connectivity index (χ3v) is 4.32. The van der Waals surface area contributed by atoms with E-state index in [1.165, 1.54) is 0 Å². The van der Waals surface area contributed by atoms with Crippen LogP contribution in [0, 0.1) is 27.7 Å². The lowest BCUT2D eigenvalue weighted by atomic mass is 10.0. The minimum Gasteiger partial charge on any atom is -0.496 e. The van der Waals surface area contributed by atoms with E-state index in [9.17, 15) is 0 Å². The Labute approximate surface area is 136 Å². The minimum atomic E-state index is 0.651. The van der Waals surface area contributed by atoms with Gasteiger partial charge >= 0.3 is 0 Å². The first kappa shape index (κ1) is 15.3. The summed E-state index contributed by atoms with van der Waals surface area (Å²) in [6.07, 6.45) is 3.74. The monoisotopic (exact) mass is 311 g/mol. The van der Waals surface area contributed by atoms with Crippen LogP contribution in [0.3, 0.4) is 0 Å². The molecule has 0 unspecified atom stereocenters. The van der Waals surface area contributed by atoms with E-state index in [0.717, 1.165) is 39.7 Å². The molecule has 0 radical (unpaired) electrons. The van der Waals surface area contributed by atoms with Crippen molar-refractivity contribution < 1.29 is 9.15 Å². The van der Waals surface area contributed by atoms with Gasteiger partial charge in [-0.3, -0.25) is 0 Å². The van der Waals surface area contributed by atoms with Crippen molar-refractivity contribution in [2.24, 2.45) is 0 Å². The summed E-state index contributed by atoms with van der Waals surface area (Å²) in [6.45, 7) is 8.70. The van der Waals surface area contributed by atoms with Crippen LogP contribution < -0.4 is 4.74 Å². The number of ether oxygens (including phenoxy) is 1. The molecule has 1 aromatic carbocycles. The highest BCUT2D eigenvalue weighted by atomic mass is 16.5. The number of hydrogen-bond donors (Lipinski definition) is 0. The quantitative estimate of drug-likeness (QED) is 0.735. The number of hydrogen-bond acceptors (Lipinski definition) is 4. The Morgan fingerprint density at radius 2 is 1.91 bits per heavy atom. The smallest absolute Gasteiger partial charge is 0.226 e. The molecule has 3 aromatic rings. The van der Waals surface area contributed by atoms with Gasteiger partial charge in [-0.2, -0.15) is 0 Å². The second kappa shape index (κ2) is 5.91. The SMILES string of the molecule is COc1ccc(-c2nc(Cn3ccnc3C)c(C)o2)c(C)c1C. The first-order valence-corrected chi connectivity index (χ1v) is 7.60. The van der Waals surface area contributed by atoms with Crippen molar-refractivity contribution >= 4 is 0 Å². The van der Waals surface area contributed by atoms with Gasteiger partial charge in [-0.15, -0.1) is 0 Å². The molecule has 0 aliphatic heterocycles.